The molecule has 0 aromatic heterocycles. The van der Waals surface area contributed by atoms with E-state index in [4.69, 9.17) is 0 Å². The Kier molecular flexibility index (Phi) is 4.08. The highest BCUT2D eigenvalue weighted by Gasteiger charge is 2.16. The second-order valence-electron chi connectivity index (χ2n) is 3.82. The third kappa shape index (κ3) is 2.98. The largest absolute Gasteiger partial charge is 0.319 e. The number of hydrogen-bond donors (Lipinski definition) is 1. The molecule has 0 aliphatic rings. The minimum atomic E-state index is -1.08. The maximum atomic E-state index is 13.5. The Morgan fingerprint density at radius 2 is 1.65 bits per heavy atom. The first kappa shape index (κ1) is 14.5. The normalized spacial score (nSPS) is 10.4. The summed E-state index contributed by atoms with van der Waals surface area (Å²) in [5.41, 5.74) is -1.08. The average Bonchev–Trinajstić information content (AvgIpc) is 2.38. The molecule has 20 heavy (non-hydrogen) atoms. The summed E-state index contributed by atoms with van der Waals surface area (Å²) in [4.78, 5) is 11.7. The van der Waals surface area contributed by atoms with Crippen LogP contribution in [0.4, 0.5) is 23.2 Å². The number of carbonyl (C=O) groups is 1. The van der Waals surface area contributed by atoms with Gasteiger partial charge < -0.3 is 5.32 Å². The number of rotatable bonds is 2. The summed E-state index contributed by atoms with van der Waals surface area (Å²) in [5, 5.41) is 1.98. The van der Waals surface area contributed by atoms with Gasteiger partial charge in [-0.15, -0.1) is 0 Å². The minimum Gasteiger partial charge on any atom is -0.319 e. The number of halogens is 5. The molecule has 0 radical (unpaired) electrons. The van der Waals surface area contributed by atoms with Gasteiger partial charge >= 0.3 is 0 Å². The van der Waals surface area contributed by atoms with E-state index in [1.165, 1.54) is 0 Å². The highest BCUT2D eigenvalue weighted by atomic mass is 79.9. The molecule has 0 aliphatic heterocycles. The van der Waals surface area contributed by atoms with Crippen LogP contribution >= 0.6 is 15.9 Å². The summed E-state index contributed by atoms with van der Waals surface area (Å²) in [6.07, 6.45) is 0. The highest BCUT2D eigenvalue weighted by molar-refractivity contribution is 9.10. The van der Waals surface area contributed by atoms with Crippen LogP contribution in [-0.2, 0) is 0 Å². The Labute approximate surface area is 119 Å². The van der Waals surface area contributed by atoms with E-state index < -0.39 is 40.4 Å². The fourth-order valence-electron chi connectivity index (χ4n) is 1.48. The van der Waals surface area contributed by atoms with Crippen LogP contribution in [0.5, 0.6) is 0 Å². The highest BCUT2D eigenvalue weighted by Crippen LogP contribution is 2.24. The molecule has 2 aromatic rings. The van der Waals surface area contributed by atoms with Gasteiger partial charge in [0.2, 0.25) is 0 Å². The zero-order valence-electron chi connectivity index (χ0n) is 9.68. The van der Waals surface area contributed by atoms with Crippen LogP contribution in [-0.4, -0.2) is 5.91 Å². The Hall–Kier alpha value is -1.89. The Morgan fingerprint density at radius 1 is 0.950 bits per heavy atom. The fourth-order valence-corrected chi connectivity index (χ4v) is 1.79. The quantitative estimate of drug-likeness (QED) is 0.638. The first-order chi connectivity index (χ1) is 9.38. The molecular formula is C13H6BrF4NO. The van der Waals surface area contributed by atoms with Gasteiger partial charge in [-0.25, -0.2) is 17.6 Å². The van der Waals surface area contributed by atoms with E-state index in [2.05, 4.69) is 15.9 Å². The summed E-state index contributed by atoms with van der Waals surface area (Å²) in [7, 11) is 0. The molecule has 2 rings (SSSR count). The van der Waals surface area contributed by atoms with Gasteiger partial charge in [-0.05, 0) is 40.2 Å². The first-order valence-electron chi connectivity index (χ1n) is 5.29. The van der Waals surface area contributed by atoms with E-state index in [-0.39, 0.29) is 4.47 Å². The van der Waals surface area contributed by atoms with E-state index in [9.17, 15) is 22.4 Å². The van der Waals surface area contributed by atoms with Gasteiger partial charge in [-0.3, -0.25) is 4.79 Å². The van der Waals surface area contributed by atoms with Crippen LogP contribution < -0.4 is 5.32 Å². The zero-order chi connectivity index (χ0) is 14.9. The van der Waals surface area contributed by atoms with Crippen LogP contribution in [0.2, 0.25) is 0 Å². The molecular weight excluding hydrogens is 342 g/mol. The van der Waals surface area contributed by atoms with Gasteiger partial charge in [0.25, 0.3) is 5.91 Å². The molecule has 0 unspecified atom stereocenters. The lowest BCUT2D eigenvalue weighted by molar-refractivity contribution is 0.102. The van der Waals surface area contributed by atoms with Crippen molar-refractivity contribution >= 4 is 27.5 Å². The molecule has 0 saturated heterocycles. The predicted molar refractivity (Wildman–Crippen MR) is 68.4 cm³/mol. The molecule has 0 saturated carbocycles. The van der Waals surface area contributed by atoms with E-state index in [1.807, 2.05) is 5.32 Å². The molecule has 0 atom stereocenters. The van der Waals surface area contributed by atoms with Crippen LogP contribution in [0.25, 0.3) is 0 Å². The smallest absolute Gasteiger partial charge is 0.258 e. The Bertz CT molecular complexity index is 690. The molecule has 1 N–H and O–H groups in total. The molecule has 0 heterocycles. The third-order valence-corrected chi connectivity index (χ3v) is 3.04. The lowest BCUT2D eigenvalue weighted by Crippen LogP contribution is -2.15. The molecule has 0 spiro atoms. The van der Waals surface area contributed by atoms with E-state index in [0.29, 0.717) is 6.07 Å². The average molecular weight is 348 g/mol. The summed E-state index contributed by atoms with van der Waals surface area (Å²) < 4.78 is 53.0. The van der Waals surface area contributed by atoms with Crippen molar-refractivity contribution in [3.05, 3.63) is 63.6 Å². The second kappa shape index (κ2) is 5.62. The van der Waals surface area contributed by atoms with E-state index >= 15 is 0 Å². The Balaban J connectivity index is 2.32. The molecule has 104 valence electrons. The molecule has 0 aliphatic carbocycles. The predicted octanol–water partition coefficient (Wildman–Crippen LogP) is 4.26. The van der Waals surface area contributed by atoms with Crippen LogP contribution in [0.3, 0.4) is 0 Å². The van der Waals surface area contributed by atoms with Crippen molar-refractivity contribution in [1.29, 1.82) is 0 Å². The summed E-state index contributed by atoms with van der Waals surface area (Å²) in [5.74, 6) is -4.59. The third-order valence-electron chi connectivity index (χ3n) is 2.43. The van der Waals surface area contributed by atoms with Gasteiger partial charge in [0, 0.05) is 6.07 Å². The number of benzene rings is 2. The maximum absolute atomic E-state index is 13.5. The van der Waals surface area contributed by atoms with Crippen LogP contribution in [0.15, 0.2) is 34.8 Å². The van der Waals surface area contributed by atoms with E-state index in [0.717, 1.165) is 24.3 Å². The molecule has 7 heteroatoms. The lowest BCUT2D eigenvalue weighted by atomic mass is 10.2. The number of carbonyl (C=O) groups excluding carboxylic acids is 1. The van der Waals surface area contributed by atoms with Crippen molar-refractivity contribution in [2.24, 2.45) is 0 Å². The van der Waals surface area contributed by atoms with Gasteiger partial charge in [-0.2, -0.15) is 0 Å². The van der Waals surface area contributed by atoms with Crippen LogP contribution in [0.1, 0.15) is 10.4 Å². The molecule has 1 amide bonds. The van der Waals surface area contributed by atoms with E-state index in [1.54, 1.807) is 0 Å². The van der Waals surface area contributed by atoms with Crippen molar-refractivity contribution in [2.45, 2.75) is 0 Å². The minimum absolute atomic E-state index is 0.120. The van der Waals surface area contributed by atoms with Crippen molar-refractivity contribution < 1.29 is 22.4 Å². The fraction of sp³-hybridized carbons (Fsp3) is 0. The molecule has 0 fully saturated rings. The number of amides is 1. The first-order valence-corrected chi connectivity index (χ1v) is 6.08. The zero-order valence-corrected chi connectivity index (χ0v) is 11.3. The lowest BCUT2D eigenvalue weighted by Gasteiger charge is -2.08. The molecule has 2 aromatic carbocycles. The summed E-state index contributed by atoms with van der Waals surface area (Å²) in [6, 6.07) is 3.81. The Morgan fingerprint density at radius 3 is 2.35 bits per heavy atom. The van der Waals surface area contributed by atoms with Gasteiger partial charge in [0.1, 0.15) is 23.3 Å². The monoisotopic (exact) mass is 347 g/mol. The van der Waals surface area contributed by atoms with Crippen molar-refractivity contribution in [3.63, 3.8) is 0 Å². The molecule has 0 bridgehead atoms. The van der Waals surface area contributed by atoms with Crippen molar-refractivity contribution in [2.75, 3.05) is 5.32 Å². The summed E-state index contributed by atoms with van der Waals surface area (Å²) >= 11 is 2.78. The van der Waals surface area contributed by atoms with Crippen molar-refractivity contribution in [1.82, 2.24) is 0 Å². The standard InChI is InChI=1S/C13H6BrF4NO/c14-8-4-11(18)12(5-10(8)17)19-13(20)7-3-6(15)1-2-9(7)16/h1-5H,(H,19,20). The summed E-state index contributed by atoms with van der Waals surface area (Å²) in [6.45, 7) is 0. The van der Waals surface area contributed by atoms with Gasteiger partial charge in [0.05, 0.1) is 15.7 Å². The topological polar surface area (TPSA) is 29.1 Å². The van der Waals surface area contributed by atoms with Crippen molar-refractivity contribution in [3.8, 4) is 0 Å². The maximum Gasteiger partial charge on any atom is 0.258 e. The number of anilines is 1. The van der Waals surface area contributed by atoms with Crippen LogP contribution in [0, 0.1) is 23.3 Å². The second-order valence-corrected chi connectivity index (χ2v) is 4.68. The number of nitrogens with one attached hydrogen (secondary N) is 1. The van der Waals surface area contributed by atoms with Gasteiger partial charge in [0.15, 0.2) is 0 Å². The SMILES string of the molecule is O=C(Nc1cc(F)c(Br)cc1F)c1cc(F)ccc1F. The van der Waals surface area contributed by atoms with Gasteiger partial charge in [-0.1, -0.05) is 0 Å². The number of hydrogen-bond acceptors (Lipinski definition) is 1. The molecule has 2 nitrogen and oxygen atoms in total.